The van der Waals surface area contributed by atoms with Gasteiger partial charge in [0.1, 0.15) is 0 Å². The number of rotatable bonds is 3. The largest absolute Gasteiger partial charge is 0.387 e. The Labute approximate surface area is 125 Å². The van der Waals surface area contributed by atoms with Crippen LogP contribution < -0.4 is 5.32 Å². The molecule has 0 aliphatic carbocycles. The van der Waals surface area contributed by atoms with Crippen LogP contribution in [0.5, 0.6) is 0 Å². The number of hydrogen-bond acceptors (Lipinski definition) is 3. The number of carbonyl (C=O) groups excluding carboxylic acids is 1. The van der Waals surface area contributed by atoms with E-state index >= 15 is 0 Å². The smallest absolute Gasteiger partial charge is 0.256 e. The van der Waals surface area contributed by atoms with E-state index in [2.05, 4.69) is 31.2 Å². The molecule has 1 aromatic carbocycles. The van der Waals surface area contributed by atoms with Gasteiger partial charge >= 0.3 is 0 Å². The van der Waals surface area contributed by atoms with Crippen LogP contribution in [-0.4, -0.2) is 56.0 Å². The summed E-state index contributed by atoms with van der Waals surface area (Å²) in [5.74, 6) is 0.527. The maximum Gasteiger partial charge on any atom is 0.256 e. The van der Waals surface area contributed by atoms with Crippen molar-refractivity contribution in [1.29, 1.82) is 0 Å². The second kappa shape index (κ2) is 6.02. The molecule has 1 N–H and O–H groups in total. The lowest BCUT2D eigenvalue weighted by Gasteiger charge is -2.22. The highest BCUT2D eigenvalue weighted by molar-refractivity contribution is 6.31. The summed E-state index contributed by atoms with van der Waals surface area (Å²) in [6.07, 6.45) is 0. The molecule has 5 heteroatoms. The number of hydrogen-bond donors (Lipinski definition) is 1. The lowest BCUT2D eigenvalue weighted by Crippen LogP contribution is -2.35. The standard InChI is InChI=1S/C15H22ClN3O/c1-10-8-19(9-14(10)18(3)4)15(20)12-7-11(16)5-6-13(12)17-2/h5-7,10,14,17H,8-9H2,1-4H3. The number of likely N-dealkylation sites (tertiary alicyclic amines) is 1. The third-order valence-electron chi connectivity index (χ3n) is 4.00. The lowest BCUT2D eigenvalue weighted by molar-refractivity contribution is 0.0782. The quantitative estimate of drug-likeness (QED) is 0.930. The van der Waals surface area contributed by atoms with Gasteiger partial charge in [-0.05, 0) is 38.2 Å². The van der Waals surface area contributed by atoms with Crippen LogP contribution in [0.25, 0.3) is 0 Å². The number of amides is 1. The number of halogens is 1. The van der Waals surface area contributed by atoms with Crippen LogP contribution in [0.1, 0.15) is 17.3 Å². The molecule has 1 saturated heterocycles. The van der Waals surface area contributed by atoms with Crippen LogP contribution in [0.4, 0.5) is 5.69 Å². The predicted molar refractivity (Wildman–Crippen MR) is 83.5 cm³/mol. The van der Waals surface area contributed by atoms with Crippen LogP contribution in [-0.2, 0) is 0 Å². The van der Waals surface area contributed by atoms with Gasteiger partial charge in [0.25, 0.3) is 5.91 Å². The van der Waals surface area contributed by atoms with Crippen molar-refractivity contribution < 1.29 is 4.79 Å². The summed E-state index contributed by atoms with van der Waals surface area (Å²) >= 11 is 6.03. The van der Waals surface area contributed by atoms with Crippen LogP contribution in [0.3, 0.4) is 0 Å². The summed E-state index contributed by atoms with van der Waals surface area (Å²) in [7, 11) is 5.94. The molecule has 0 saturated carbocycles. The molecule has 0 aromatic heterocycles. The summed E-state index contributed by atoms with van der Waals surface area (Å²) in [4.78, 5) is 16.8. The highest BCUT2D eigenvalue weighted by atomic mass is 35.5. The maximum absolute atomic E-state index is 12.7. The Kier molecular flexibility index (Phi) is 4.55. The van der Waals surface area contributed by atoms with E-state index in [9.17, 15) is 4.79 Å². The first-order valence-corrected chi connectivity index (χ1v) is 7.24. The third kappa shape index (κ3) is 2.91. The lowest BCUT2D eigenvalue weighted by atomic mass is 10.1. The van der Waals surface area contributed by atoms with Gasteiger partial charge in [0.2, 0.25) is 0 Å². The first-order valence-electron chi connectivity index (χ1n) is 6.87. The summed E-state index contributed by atoms with van der Waals surface area (Å²) in [6, 6.07) is 5.79. The Balaban J connectivity index is 2.23. The normalized spacial score (nSPS) is 22.4. The fourth-order valence-electron chi connectivity index (χ4n) is 2.87. The van der Waals surface area contributed by atoms with Gasteiger partial charge in [0, 0.05) is 36.9 Å². The van der Waals surface area contributed by atoms with Gasteiger partial charge in [-0.1, -0.05) is 18.5 Å². The third-order valence-corrected chi connectivity index (χ3v) is 4.24. The molecule has 1 aromatic rings. The minimum absolute atomic E-state index is 0.0491. The number of carbonyl (C=O) groups is 1. The van der Waals surface area contributed by atoms with Crippen LogP contribution in [0, 0.1) is 5.92 Å². The SMILES string of the molecule is CNc1ccc(Cl)cc1C(=O)N1CC(C)C(N(C)C)C1. The van der Waals surface area contributed by atoms with E-state index in [1.54, 1.807) is 12.1 Å². The first-order chi connectivity index (χ1) is 9.43. The summed E-state index contributed by atoms with van der Waals surface area (Å²) < 4.78 is 0. The topological polar surface area (TPSA) is 35.6 Å². The molecule has 20 heavy (non-hydrogen) atoms. The van der Waals surface area contributed by atoms with E-state index in [1.807, 2.05) is 18.0 Å². The highest BCUT2D eigenvalue weighted by Crippen LogP contribution is 2.26. The van der Waals surface area contributed by atoms with Crippen molar-refractivity contribution in [2.75, 3.05) is 39.5 Å². The van der Waals surface area contributed by atoms with Gasteiger partial charge in [0.05, 0.1) is 5.56 Å². The van der Waals surface area contributed by atoms with Crippen molar-refractivity contribution in [2.45, 2.75) is 13.0 Å². The highest BCUT2D eigenvalue weighted by Gasteiger charge is 2.34. The Hall–Kier alpha value is -1.26. The van der Waals surface area contributed by atoms with Gasteiger partial charge in [0.15, 0.2) is 0 Å². The zero-order valence-corrected chi connectivity index (χ0v) is 13.2. The van der Waals surface area contributed by atoms with Crippen molar-refractivity contribution in [2.24, 2.45) is 5.92 Å². The second-order valence-corrected chi connectivity index (χ2v) is 6.09. The van der Waals surface area contributed by atoms with Crippen molar-refractivity contribution >= 4 is 23.2 Å². The summed E-state index contributed by atoms with van der Waals surface area (Å²) in [6.45, 7) is 3.74. The molecule has 1 aliphatic heterocycles. The molecule has 2 rings (SSSR count). The van der Waals surface area contributed by atoms with E-state index in [1.165, 1.54) is 0 Å². The van der Waals surface area contributed by atoms with E-state index in [4.69, 9.17) is 11.6 Å². The van der Waals surface area contributed by atoms with Crippen LogP contribution in [0.15, 0.2) is 18.2 Å². The summed E-state index contributed by atoms with van der Waals surface area (Å²) in [5, 5.41) is 3.64. The molecule has 0 spiro atoms. The molecular formula is C15H22ClN3O. The van der Waals surface area contributed by atoms with Crippen molar-refractivity contribution in [1.82, 2.24) is 9.80 Å². The molecule has 110 valence electrons. The molecule has 1 aliphatic rings. The number of nitrogens with one attached hydrogen (secondary N) is 1. The monoisotopic (exact) mass is 295 g/mol. The van der Waals surface area contributed by atoms with Gasteiger partial charge in [-0.2, -0.15) is 0 Å². The molecule has 1 amide bonds. The first kappa shape index (κ1) is 15.1. The Morgan fingerprint density at radius 2 is 2.10 bits per heavy atom. The van der Waals surface area contributed by atoms with Crippen molar-refractivity contribution in [3.63, 3.8) is 0 Å². The van der Waals surface area contributed by atoms with Gasteiger partial charge in [-0.25, -0.2) is 0 Å². The molecule has 1 fully saturated rings. The fraction of sp³-hybridized carbons (Fsp3) is 0.533. The van der Waals surface area contributed by atoms with Gasteiger partial charge < -0.3 is 15.1 Å². The van der Waals surface area contributed by atoms with E-state index in [-0.39, 0.29) is 5.91 Å². The number of nitrogens with zero attached hydrogens (tertiary/aromatic N) is 2. The minimum atomic E-state index is 0.0491. The molecule has 0 radical (unpaired) electrons. The zero-order valence-electron chi connectivity index (χ0n) is 12.5. The fourth-order valence-corrected chi connectivity index (χ4v) is 3.04. The average Bonchev–Trinajstić information content (AvgIpc) is 2.80. The number of benzene rings is 1. The minimum Gasteiger partial charge on any atom is -0.387 e. The number of likely N-dealkylation sites (N-methyl/N-ethyl adjacent to an activating group) is 1. The molecular weight excluding hydrogens is 274 g/mol. The molecule has 2 atom stereocenters. The maximum atomic E-state index is 12.7. The molecule has 1 heterocycles. The molecule has 0 bridgehead atoms. The van der Waals surface area contributed by atoms with Gasteiger partial charge in [-0.15, -0.1) is 0 Å². The van der Waals surface area contributed by atoms with Crippen molar-refractivity contribution in [3.05, 3.63) is 28.8 Å². The second-order valence-electron chi connectivity index (χ2n) is 5.66. The van der Waals surface area contributed by atoms with Crippen molar-refractivity contribution in [3.8, 4) is 0 Å². The van der Waals surface area contributed by atoms with E-state index in [0.717, 1.165) is 18.8 Å². The van der Waals surface area contributed by atoms with E-state index < -0.39 is 0 Å². The Bertz CT molecular complexity index is 504. The van der Waals surface area contributed by atoms with Gasteiger partial charge in [-0.3, -0.25) is 4.79 Å². The average molecular weight is 296 g/mol. The number of anilines is 1. The summed E-state index contributed by atoms with van der Waals surface area (Å²) in [5.41, 5.74) is 1.46. The van der Waals surface area contributed by atoms with Crippen LogP contribution in [0.2, 0.25) is 5.02 Å². The van der Waals surface area contributed by atoms with Crippen LogP contribution >= 0.6 is 11.6 Å². The predicted octanol–water partition coefficient (Wildman–Crippen LogP) is 2.40. The Morgan fingerprint density at radius 1 is 1.40 bits per heavy atom. The zero-order chi connectivity index (χ0) is 14.9. The molecule has 4 nitrogen and oxygen atoms in total. The van der Waals surface area contributed by atoms with E-state index in [0.29, 0.717) is 22.5 Å². The Morgan fingerprint density at radius 3 is 2.65 bits per heavy atom. The molecule has 2 unspecified atom stereocenters.